The monoisotopic (exact) mass is 267 g/mol. The minimum Gasteiger partial charge on any atom is -0.481 e. The second-order valence-corrected chi connectivity index (χ2v) is 4.58. The number of hydrogen-bond acceptors (Lipinski definition) is 3. The fourth-order valence-electron chi connectivity index (χ4n) is 2.31. The Morgan fingerprint density at radius 1 is 1.30 bits per heavy atom. The van der Waals surface area contributed by atoms with Gasteiger partial charge in [0.25, 0.3) is 0 Å². The predicted molar refractivity (Wildman–Crippen MR) is 74.9 cm³/mol. The number of rotatable bonds is 3. The summed E-state index contributed by atoms with van der Waals surface area (Å²) in [7, 11) is 0. The van der Waals surface area contributed by atoms with E-state index in [0.29, 0.717) is 0 Å². The predicted octanol–water partition coefficient (Wildman–Crippen LogP) is 2.36. The van der Waals surface area contributed by atoms with E-state index in [1.165, 1.54) is 0 Å². The Kier molecular flexibility index (Phi) is 2.95. The van der Waals surface area contributed by atoms with Gasteiger partial charge < -0.3 is 5.11 Å². The molecule has 0 bridgehead atoms. The Balaban J connectivity index is 2.15. The highest BCUT2D eigenvalue weighted by atomic mass is 16.4. The van der Waals surface area contributed by atoms with Crippen LogP contribution in [-0.2, 0) is 11.2 Å². The van der Waals surface area contributed by atoms with E-state index < -0.39 is 5.97 Å². The van der Waals surface area contributed by atoms with Gasteiger partial charge in [0.2, 0.25) is 0 Å². The van der Waals surface area contributed by atoms with E-state index in [4.69, 9.17) is 5.11 Å². The molecule has 3 rings (SSSR count). The number of aromatic nitrogens is 3. The number of benzene rings is 1. The summed E-state index contributed by atoms with van der Waals surface area (Å²) < 4.78 is 1.93. The molecular weight excluding hydrogens is 254 g/mol. The average molecular weight is 267 g/mol. The lowest BCUT2D eigenvalue weighted by Gasteiger charge is -2.07. The molecule has 2 aromatic heterocycles. The van der Waals surface area contributed by atoms with Crippen LogP contribution in [0.2, 0.25) is 0 Å². The van der Waals surface area contributed by atoms with Crippen molar-refractivity contribution < 1.29 is 9.90 Å². The highest BCUT2D eigenvalue weighted by Gasteiger charge is 2.10. The van der Waals surface area contributed by atoms with E-state index in [9.17, 15) is 4.79 Å². The molecule has 0 atom stereocenters. The molecule has 20 heavy (non-hydrogen) atoms. The van der Waals surface area contributed by atoms with Crippen molar-refractivity contribution in [2.75, 3.05) is 0 Å². The van der Waals surface area contributed by atoms with E-state index in [2.05, 4.69) is 9.97 Å². The van der Waals surface area contributed by atoms with Gasteiger partial charge in [0.1, 0.15) is 11.3 Å². The van der Waals surface area contributed by atoms with Crippen molar-refractivity contribution in [1.82, 2.24) is 14.5 Å². The summed E-state index contributed by atoms with van der Waals surface area (Å²) in [6, 6.07) is 11.2. The SMILES string of the molecule is Cc1nc2cccnc2n1-c1cccc(CC(=O)O)c1. The summed E-state index contributed by atoms with van der Waals surface area (Å²) in [4.78, 5) is 19.6. The zero-order valence-electron chi connectivity index (χ0n) is 10.9. The number of carboxylic acids is 1. The fourth-order valence-corrected chi connectivity index (χ4v) is 2.31. The molecular formula is C15H13N3O2. The second-order valence-electron chi connectivity index (χ2n) is 4.58. The van der Waals surface area contributed by atoms with Crippen LogP contribution in [0.1, 0.15) is 11.4 Å². The molecule has 1 N–H and O–H groups in total. The summed E-state index contributed by atoms with van der Waals surface area (Å²) in [5.41, 5.74) is 3.24. The number of pyridine rings is 1. The molecule has 5 nitrogen and oxygen atoms in total. The van der Waals surface area contributed by atoms with E-state index in [0.717, 1.165) is 28.2 Å². The molecule has 0 aliphatic heterocycles. The molecule has 0 aliphatic rings. The van der Waals surface area contributed by atoms with Crippen LogP contribution < -0.4 is 0 Å². The molecule has 0 saturated heterocycles. The number of nitrogens with zero attached hydrogens (tertiary/aromatic N) is 3. The molecule has 0 fully saturated rings. The van der Waals surface area contributed by atoms with Gasteiger partial charge in [0.05, 0.1) is 6.42 Å². The fraction of sp³-hybridized carbons (Fsp3) is 0.133. The summed E-state index contributed by atoms with van der Waals surface area (Å²) >= 11 is 0. The minimum absolute atomic E-state index is 0.00689. The van der Waals surface area contributed by atoms with E-state index in [1.54, 1.807) is 12.3 Å². The lowest BCUT2D eigenvalue weighted by molar-refractivity contribution is -0.136. The lowest BCUT2D eigenvalue weighted by atomic mass is 10.1. The first-order valence-electron chi connectivity index (χ1n) is 6.26. The van der Waals surface area contributed by atoms with Crippen LogP contribution in [0.4, 0.5) is 0 Å². The van der Waals surface area contributed by atoms with Gasteiger partial charge in [-0.05, 0) is 36.8 Å². The molecule has 0 saturated carbocycles. The van der Waals surface area contributed by atoms with Crippen molar-refractivity contribution in [1.29, 1.82) is 0 Å². The van der Waals surface area contributed by atoms with Gasteiger partial charge in [0.15, 0.2) is 5.65 Å². The van der Waals surface area contributed by atoms with Crippen molar-refractivity contribution in [2.45, 2.75) is 13.3 Å². The molecule has 100 valence electrons. The molecule has 0 spiro atoms. The first kappa shape index (κ1) is 12.3. The maximum absolute atomic E-state index is 10.8. The normalized spacial score (nSPS) is 10.8. The summed E-state index contributed by atoms with van der Waals surface area (Å²) in [6.07, 6.45) is 1.73. The van der Waals surface area contributed by atoms with Crippen LogP contribution in [-0.4, -0.2) is 25.6 Å². The Morgan fingerprint density at radius 2 is 2.15 bits per heavy atom. The van der Waals surface area contributed by atoms with E-state index in [-0.39, 0.29) is 6.42 Å². The molecule has 0 unspecified atom stereocenters. The molecule has 2 heterocycles. The topological polar surface area (TPSA) is 68.0 Å². The third kappa shape index (κ3) is 2.14. The second kappa shape index (κ2) is 4.77. The Hall–Kier alpha value is -2.69. The number of fused-ring (bicyclic) bond motifs is 1. The van der Waals surface area contributed by atoms with E-state index in [1.807, 2.05) is 41.8 Å². The van der Waals surface area contributed by atoms with Gasteiger partial charge in [0, 0.05) is 11.9 Å². The quantitative estimate of drug-likeness (QED) is 0.791. The van der Waals surface area contributed by atoms with Gasteiger partial charge in [-0.25, -0.2) is 9.97 Å². The van der Waals surface area contributed by atoms with Gasteiger partial charge in [-0.15, -0.1) is 0 Å². The largest absolute Gasteiger partial charge is 0.481 e. The van der Waals surface area contributed by atoms with Gasteiger partial charge in [-0.1, -0.05) is 12.1 Å². The molecule has 5 heteroatoms. The highest BCUT2D eigenvalue weighted by Crippen LogP contribution is 2.20. The Morgan fingerprint density at radius 3 is 2.95 bits per heavy atom. The summed E-state index contributed by atoms with van der Waals surface area (Å²) in [5.74, 6) is -0.0151. The van der Waals surface area contributed by atoms with Crippen LogP contribution in [0.3, 0.4) is 0 Å². The van der Waals surface area contributed by atoms with Crippen LogP contribution in [0, 0.1) is 6.92 Å². The lowest BCUT2D eigenvalue weighted by Crippen LogP contribution is -2.02. The number of aryl methyl sites for hydroxylation is 1. The summed E-state index contributed by atoms with van der Waals surface area (Å²) in [5, 5.41) is 8.88. The van der Waals surface area contributed by atoms with Crippen molar-refractivity contribution in [2.24, 2.45) is 0 Å². The third-order valence-corrected chi connectivity index (χ3v) is 3.11. The minimum atomic E-state index is -0.840. The van der Waals surface area contributed by atoms with Crippen molar-refractivity contribution in [3.8, 4) is 5.69 Å². The first-order valence-corrected chi connectivity index (χ1v) is 6.26. The highest BCUT2D eigenvalue weighted by molar-refractivity contribution is 5.74. The molecule has 0 radical (unpaired) electrons. The number of carbonyl (C=O) groups is 1. The standard InChI is InChI=1S/C15H13N3O2/c1-10-17-13-6-3-7-16-15(13)18(10)12-5-2-4-11(8-12)9-14(19)20/h2-8H,9H2,1H3,(H,19,20). The van der Waals surface area contributed by atoms with Crippen molar-refractivity contribution >= 4 is 17.1 Å². The van der Waals surface area contributed by atoms with Crippen LogP contribution >= 0.6 is 0 Å². The van der Waals surface area contributed by atoms with Crippen molar-refractivity contribution in [3.63, 3.8) is 0 Å². The maximum Gasteiger partial charge on any atom is 0.307 e. The smallest absolute Gasteiger partial charge is 0.307 e. The number of aliphatic carboxylic acids is 1. The van der Waals surface area contributed by atoms with Gasteiger partial charge >= 0.3 is 5.97 Å². The number of imidazole rings is 1. The summed E-state index contributed by atoms with van der Waals surface area (Å²) in [6.45, 7) is 1.91. The maximum atomic E-state index is 10.8. The Bertz CT molecular complexity index is 793. The Labute approximate surface area is 115 Å². The molecule has 0 amide bonds. The molecule has 1 aromatic carbocycles. The number of carboxylic acid groups (broad SMARTS) is 1. The van der Waals surface area contributed by atoms with Crippen molar-refractivity contribution in [3.05, 3.63) is 54.0 Å². The van der Waals surface area contributed by atoms with E-state index >= 15 is 0 Å². The van der Waals surface area contributed by atoms with Gasteiger partial charge in [-0.3, -0.25) is 9.36 Å². The van der Waals surface area contributed by atoms with Crippen LogP contribution in [0.5, 0.6) is 0 Å². The zero-order valence-corrected chi connectivity index (χ0v) is 10.9. The number of hydrogen-bond donors (Lipinski definition) is 1. The first-order chi connectivity index (χ1) is 9.65. The third-order valence-electron chi connectivity index (χ3n) is 3.11. The zero-order chi connectivity index (χ0) is 14.1. The average Bonchev–Trinajstić information content (AvgIpc) is 2.74. The molecule has 3 aromatic rings. The van der Waals surface area contributed by atoms with Gasteiger partial charge in [-0.2, -0.15) is 0 Å². The van der Waals surface area contributed by atoms with Crippen LogP contribution in [0.25, 0.3) is 16.9 Å². The molecule has 0 aliphatic carbocycles. The van der Waals surface area contributed by atoms with Crippen LogP contribution in [0.15, 0.2) is 42.6 Å².